The molecule has 2 aromatic carbocycles. The first-order valence-corrected chi connectivity index (χ1v) is 34.8. The van der Waals surface area contributed by atoms with Crippen molar-refractivity contribution >= 4 is 132 Å². The number of ketones is 2. The number of hydrogen-bond donors (Lipinski definition) is 5. The predicted molar refractivity (Wildman–Crippen MR) is 428 cm³/mol. The minimum absolute atomic E-state index is 0. The number of benzene rings is 2. The third-order valence-electron chi connectivity index (χ3n) is 19.2. The third-order valence-corrected chi connectivity index (χ3v) is 19.2. The fourth-order valence-corrected chi connectivity index (χ4v) is 14.6. The van der Waals surface area contributed by atoms with Gasteiger partial charge in [-0.05, 0) is 187 Å². The lowest BCUT2D eigenvalue weighted by atomic mass is 9.52. The number of likely N-dealkylation sites (N-methyl/N-ethyl adjacent to an activating group) is 2. The average molecular weight is 1700 g/mol. The Bertz CT molecular complexity index is 3630. The Morgan fingerprint density at radius 1 is 0.598 bits per heavy atom. The van der Waals surface area contributed by atoms with Crippen LogP contribution in [0.5, 0.6) is 23.0 Å². The van der Waals surface area contributed by atoms with Gasteiger partial charge < -0.3 is 69.5 Å². The van der Waals surface area contributed by atoms with Crippen LogP contribution in [0.3, 0.4) is 0 Å². The van der Waals surface area contributed by atoms with E-state index in [4.69, 9.17) is 53.6 Å². The normalized spacial score (nSPS) is 22.6. The zero-order valence-corrected chi connectivity index (χ0v) is 70.2. The minimum atomic E-state index is -5.08. The second-order valence-electron chi connectivity index (χ2n) is 31.7. The van der Waals surface area contributed by atoms with E-state index in [1.54, 1.807) is 81.4 Å². The molecule has 4 fully saturated rings. The molecule has 8 aliphatic rings. The number of aliphatic carboxylic acids is 2. The Kier molecular flexibility index (Phi) is 42.5. The van der Waals surface area contributed by atoms with Crippen LogP contribution in [0.2, 0.25) is 0 Å². The summed E-state index contributed by atoms with van der Waals surface area (Å²) in [5.41, 5.74) is 7.64. The van der Waals surface area contributed by atoms with Gasteiger partial charge in [0, 0.05) is 46.9 Å². The van der Waals surface area contributed by atoms with Crippen LogP contribution in [-0.4, -0.2) is 191 Å². The largest absolute Gasteiger partial charge is 0.490 e. The molecule has 2 unspecified atom stereocenters. The van der Waals surface area contributed by atoms with Crippen molar-refractivity contribution in [1.82, 2.24) is 20.4 Å². The molecule has 4 aliphatic heterocycles. The van der Waals surface area contributed by atoms with Crippen LogP contribution in [0.1, 0.15) is 193 Å². The summed E-state index contributed by atoms with van der Waals surface area (Å²) in [7, 11) is 4.32. The molecule has 6 N–H and O–H groups in total. The fourth-order valence-electron chi connectivity index (χ4n) is 14.6. The van der Waals surface area contributed by atoms with Gasteiger partial charge in [0.15, 0.2) is 52.8 Å². The molecule has 26 nitrogen and oxygen atoms in total. The van der Waals surface area contributed by atoms with Crippen LogP contribution >= 0.6 is 66.4 Å². The summed E-state index contributed by atoms with van der Waals surface area (Å²) in [5.74, 6) is -3.13. The number of rotatable bonds is 13. The quantitative estimate of drug-likeness (QED) is 0.0310. The fraction of sp³-hybridized carbons (Fsp3) is 0.693. The van der Waals surface area contributed by atoms with Crippen molar-refractivity contribution in [2.24, 2.45) is 46.2 Å². The maximum absolute atomic E-state index is 13.0. The lowest BCUT2D eigenvalue weighted by Gasteiger charge is -2.57. The molecule has 0 radical (unpaired) electrons. The van der Waals surface area contributed by atoms with Crippen molar-refractivity contribution in [3.05, 3.63) is 46.5 Å². The van der Waals surface area contributed by atoms with E-state index in [9.17, 15) is 74.6 Å². The Balaban J connectivity index is -0.00000140. The van der Waals surface area contributed by atoms with Gasteiger partial charge in [-0.1, -0.05) is 82.4 Å². The van der Waals surface area contributed by atoms with Gasteiger partial charge in [-0.2, -0.15) is 85.3 Å². The van der Waals surface area contributed by atoms with E-state index in [-0.39, 0.29) is 139 Å². The Morgan fingerprint density at radius 2 is 0.938 bits per heavy atom. The zero-order valence-electron chi connectivity index (χ0n) is 65.4. The maximum Gasteiger partial charge on any atom is 0.490 e. The summed E-state index contributed by atoms with van der Waals surface area (Å²) in [6.45, 7) is 32.5. The number of piperidine rings is 2. The number of Topliss-reactive ketones (excluding diaryl/α,β-unsaturated/α-hetero) is 2. The summed E-state index contributed by atoms with van der Waals surface area (Å²) >= 11 is 0. The number of nitrogens with two attached hydrogens (primary N) is 1. The molecule has 2 amide bonds. The predicted octanol–water partition coefficient (Wildman–Crippen LogP) is 12.0. The molecule has 12 atom stereocenters. The highest BCUT2D eigenvalue weighted by molar-refractivity contribution is 7.59. The van der Waals surface area contributed by atoms with E-state index < -0.39 is 108 Å². The molecule has 2 aromatic rings. The van der Waals surface area contributed by atoms with E-state index >= 15 is 0 Å². The first kappa shape index (κ1) is 110. The number of carboxylic acids is 2. The lowest BCUT2D eigenvalue weighted by molar-refractivity contribution is -0.192. The van der Waals surface area contributed by atoms with Crippen molar-refractivity contribution in [3.63, 3.8) is 0 Å². The number of carbonyl (C=O) groups excluding carboxylic acids is 9. The number of aliphatic imine (C=N–C) groups is 1. The Hall–Kier alpha value is -6.53. The smallest absolute Gasteiger partial charge is 0.480 e. The molecule has 4 heterocycles. The number of likely N-dealkylation sites (tertiary alicyclic amines) is 2. The number of amides is 2. The van der Waals surface area contributed by atoms with Crippen LogP contribution in [0.4, 0.5) is 35.9 Å². The van der Waals surface area contributed by atoms with E-state index in [2.05, 4.69) is 39.5 Å². The van der Waals surface area contributed by atoms with Crippen molar-refractivity contribution in [1.29, 1.82) is 0 Å². The van der Waals surface area contributed by atoms with Gasteiger partial charge >= 0.3 is 54.4 Å². The van der Waals surface area contributed by atoms with Gasteiger partial charge in [-0.25, -0.2) is 33.6 Å². The van der Waals surface area contributed by atoms with E-state index in [0.29, 0.717) is 54.0 Å². The van der Waals surface area contributed by atoms with Crippen LogP contribution in [0.25, 0.3) is 0 Å². The minimum Gasteiger partial charge on any atom is -0.480 e. The number of carbonyl (C=O) groups is 10. The number of nitrogens with one attached hydrogen (secondary N) is 2. The molecule has 112 heavy (non-hydrogen) atoms. The molecule has 2 spiro atoms. The summed E-state index contributed by atoms with van der Waals surface area (Å²) < 4.78 is 103. The summed E-state index contributed by atoms with van der Waals surface area (Å²) in [6.07, 6.45) is -5.82. The maximum atomic E-state index is 13.0. The van der Waals surface area contributed by atoms with Gasteiger partial charge in [0.25, 0.3) is 0 Å². The number of isocyanates is 1. The Labute approximate surface area is 686 Å². The van der Waals surface area contributed by atoms with Gasteiger partial charge in [0.2, 0.25) is 12.4 Å². The molecular weight excluding hydrogens is 1580 g/mol. The highest BCUT2D eigenvalue weighted by Crippen LogP contribution is 2.65. The first-order chi connectivity index (χ1) is 48.2. The van der Waals surface area contributed by atoms with E-state index in [1.807, 2.05) is 60.6 Å². The number of halogens is 7. The third kappa shape index (κ3) is 27.0. The lowest BCUT2D eigenvalue weighted by Crippen LogP contribution is -2.65. The van der Waals surface area contributed by atoms with Gasteiger partial charge in [0.05, 0.1) is 0 Å². The molecule has 2 saturated carbocycles. The molecule has 642 valence electrons. The van der Waals surface area contributed by atoms with Gasteiger partial charge in [-0.15, -0.1) is 12.4 Å². The highest BCUT2D eigenvalue weighted by Gasteiger charge is 2.67. The Morgan fingerprint density at radius 3 is 1.23 bits per heavy atom. The number of ether oxygens (including phenoxy) is 7. The topological polar surface area (TPSA) is 362 Å². The summed E-state index contributed by atoms with van der Waals surface area (Å²) in [6, 6.07) is 5.03. The molecule has 10 rings (SSSR count). The SMILES string of the molecule is C.C.CC(C)[C@@H](NC(=O)Oc1ccc2c3c1O[C@H]1C(=O)CCC4[C@@H](C2)N(C)CC[C@@]341)C(=O)O.CC(C)[C@@H](NC(=O)Oc1ccc2c3c1O[C@H]1C(=O)CCC4[C@@H](C2)N(C)CC[C@@]341)C(=O)OC(C)(C)C.CC(C)[C@H](N)C(=O)OC(C)(C)C.CC(C)[C@H](N=C=O)C(=O)OC(C)(C)C.Cl.O=C(O)C(F)(F)F.O=CC(F)(F)F.S.S.S.S. The summed E-state index contributed by atoms with van der Waals surface area (Å²) in [4.78, 5) is 134. The number of hydrogen-bond acceptors (Lipinski definition) is 22. The van der Waals surface area contributed by atoms with Crippen LogP contribution < -0.4 is 35.3 Å². The second kappa shape index (κ2) is 43.4. The number of alkyl halides is 6. The van der Waals surface area contributed by atoms with Crippen molar-refractivity contribution in [3.8, 4) is 23.0 Å². The van der Waals surface area contributed by atoms with Gasteiger partial charge in [-0.3, -0.25) is 19.2 Å². The van der Waals surface area contributed by atoms with Crippen molar-refractivity contribution in [2.75, 3.05) is 27.2 Å². The first-order valence-electron chi connectivity index (χ1n) is 34.8. The zero-order chi connectivity index (χ0) is 79.9. The standard InChI is InChI=1S/C27H36N2O6.C23H28N2O6.C10H17NO3.C9H19NO2.C2HF3O2.C2HF3O.2CH4.ClH.4H2S/c1-14(2)21(24(31)35-26(3,4)5)28-25(32)33-19-10-7-15-13-17-16-8-9-18(30)23-27(16,11-12-29(17)6)20(15)22(19)34-23;1-11(2)18(21(27)28)24-22(29)30-16-7-4-12-10-14-13-5-6-15(26)20-23(13,8-9-25(14)3)17(12)19(16)31-20;1-7(2)8(11-6-12)9(13)14-10(3,4)5;1-6(2)7(10)8(11)12-9(3,4)5;3-2(4,5)1(6)7;3-2(4,5)1-6;;;;;;;/h7,10,14,16-17,21,23H,8-9,11-13H2,1-6H3,(H,28,32);4,7,11,13-14,18,20H,5-6,8-10H2,1-3H3,(H,24,29)(H,27,28);7-8H,1-5H3;6-7H,10H2,1-5H3;(H,6,7);1H;2*1H4;1H;4*1H2/t16?,17-,21-,23+,27+;13?,14-,18-,20+,23+;8-;7-;;;;;;;;;/m1100........./s1. The molecule has 37 heteroatoms. The molecule has 0 aromatic heterocycles. The number of aldehydes is 1. The molecule has 2 saturated heterocycles. The van der Waals surface area contributed by atoms with Crippen molar-refractivity contribution in [2.45, 2.75) is 272 Å². The number of esters is 3. The monoisotopic (exact) mass is 1700 g/mol. The molecule has 4 aliphatic carbocycles. The molecular formula is C75H119ClF6N6O20S4. The van der Waals surface area contributed by atoms with Crippen molar-refractivity contribution < 1.29 is 122 Å². The number of nitrogens with zero attached hydrogens (tertiary/aromatic N) is 3. The van der Waals surface area contributed by atoms with Crippen LogP contribution in [0.15, 0.2) is 29.3 Å². The highest BCUT2D eigenvalue weighted by atomic mass is 35.5. The van der Waals surface area contributed by atoms with Crippen LogP contribution in [0, 0.1) is 35.5 Å². The second-order valence-corrected chi connectivity index (χ2v) is 31.7. The summed E-state index contributed by atoms with van der Waals surface area (Å²) in [5, 5.41) is 21.6. The average Bonchev–Trinajstić information content (AvgIpc) is 1.50. The van der Waals surface area contributed by atoms with E-state index in [0.717, 1.165) is 68.3 Å². The molecule has 4 bridgehead atoms. The van der Waals surface area contributed by atoms with Gasteiger partial charge in [0.1, 0.15) is 34.9 Å². The van der Waals surface area contributed by atoms with Crippen LogP contribution in [-0.2, 0) is 81.0 Å². The van der Waals surface area contributed by atoms with E-state index in [1.165, 1.54) is 11.6 Å². The number of carboxylic acid groups (broad SMARTS) is 2.